The standard InChI is InChI=1S/C10H20N2O/c1-5-13-10(3,4)8-12-9(2)6-7-11/h9,12H,5-6,8H2,1-4H3. The first-order chi connectivity index (χ1) is 6.02. The molecule has 0 rings (SSSR count). The molecule has 0 aliphatic heterocycles. The van der Waals surface area contributed by atoms with E-state index in [9.17, 15) is 0 Å². The first kappa shape index (κ1) is 12.4. The van der Waals surface area contributed by atoms with Crippen LogP contribution in [0.5, 0.6) is 0 Å². The lowest BCUT2D eigenvalue weighted by Crippen LogP contribution is -2.41. The maximum Gasteiger partial charge on any atom is 0.0750 e. The first-order valence-electron chi connectivity index (χ1n) is 4.76. The molecule has 0 spiro atoms. The van der Waals surface area contributed by atoms with Crippen molar-refractivity contribution in [3.8, 4) is 6.07 Å². The zero-order chi connectivity index (χ0) is 10.3. The third-order valence-corrected chi connectivity index (χ3v) is 1.81. The molecule has 3 heteroatoms. The summed E-state index contributed by atoms with van der Waals surface area (Å²) >= 11 is 0. The van der Waals surface area contributed by atoms with Crippen LogP contribution < -0.4 is 5.32 Å². The van der Waals surface area contributed by atoms with E-state index in [-0.39, 0.29) is 11.6 Å². The Hall–Kier alpha value is -0.590. The second kappa shape index (κ2) is 5.95. The van der Waals surface area contributed by atoms with E-state index in [4.69, 9.17) is 10.00 Å². The van der Waals surface area contributed by atoms with Crippen molar-refractivity contribution in [3.05, 3.63) is 0 Å². The normalized spacial score (nSPS) is 13.8. The molecule has 0 aliphatic carbocycles. The van der Waals surface area contributed by atoms with E-state index in [2.05, 4.69) is 11.4 Å². The summed E-state index contributed by atoms with van der Waals surface area (Å²) in [5, 5.41) is 11.7. The summed E-state index contributed by atoms with van der Waals surface area (Å²) in [6.07, 6.45) is 0.544. The van der Waals surface area contributed by atoms with Gasteiger partial charge in [0.05, 0.1) is 18.1 Å². The van der Waals surface area contributed by atoms with E-state index in [1.54, 1.807) is 0 Å². The number of nitrogens with one attached hydrogen (secondary N) is 1. The van der Waals surface area contributed by atoms with Crippen molar-refractivity contribution in [1.82, 2.24) is 5.32 Å². The molecular formula is C10H20N2O. The fraction of sp³-hybridized carbons (Fsp3) is 0.900. The van der Waals surface area contributed by atoms with Gasteiger partial charge in [-0.15, -0.1) is 0 Å². The van der Waals surface area contributed by atoms with E-state index in [1.165, 1.54) is 0 Å². The smallest absolute Gasteiger partial charge is 0.0750 e. The summed E-state index contributed by atoms with van der Waals surface area (Å²) in [7, 11) is 0. The highest BCUT2D eigenvalue weighted by atomic mass is 16.5. The minimum absolute atomic E-state index is 0.140. The Labute approximate surface area is 81.1 Å². The van der Waals surface area contributed by atoms with Crippen molar-refractivity contribution in [1.29, 1.82) is 5.26 Å². The van der Waals surface area contributed by atoms with Crippen LogP contribution >= 0.6 is 0 Å². The largest absolute Gasteiger partial charge is 0.375 e. The molecule has 0 heterocycles. The lowest BCUT2D eigenvalue weighted by Gasteiger charge is -2.26. The van der Waals surface area contributed by atoms with E-state index < -0.39 is 0 Å². The average molecular weight is 184 g/mol. The number of nitriles is 1. The van der Waals surface area contributed by atoms with Crippen molar-refractivity contribution in [3.63, 3.8) is 0 Å². The predicted molar refractivity (Wildman–Crippen MR) is 53.4 cm³/mol. The summed E-state index contributed by atoms with van der Waals surface area (Å²) in [6.45, 7) is 9.59. The van der Waals surface area contributed by atoms with Gasteiger partial charge in [0.25, 0.3) is 0 Å². The summed E-state index contributed by atoms with van der Waals surface area (Å²) in [5.41, 5.74) is -0.140. The Morgan fingerprint density at radius 3 is 2.62 bits per heavy atom. The SMILES string of the molecule is CCOC(C)(C)CNC(C)CC#N. The minimum Gasteiger partial charge on any atom is -0.375 e. The fourth-order valence-corrected chi connectivity index (χ4v) is 1.07. The monoisotopic (exact) mass is 184 g/mol. The highest BCUT2D eigenvalue weighted by Gasteiger charge is 2.17. The minimum atomic E-state index is -0.140. The predicted octanol–water partition coefficient (Wildman–Crippen LogP) is 1.69. The molecule has 1 unspecified atom stereocenters. The first-order valence-corrected chi connectivity index (χ1v) is 4.76. The second-order valence-electron chi connectivity index (χ2n) is 3.84. The molecule has 0 aliphatic rings. The van der Waals surface area contributed by atoms with Crippen LogP contribution in [0.25, 0.3) is 0 Å². The van der Waals surface area contributed by atoms with Crippen LogP contribution in [-0.4, -0.2) is 24.8 Å². The van der Waals surface area contributed by atoms with Crippen molar-refractivity contribution < 1.29 is 4.74 Å². The summed E-state index contributed by atoms with van der Waals surface area (Å²) in [4.78, 5) is 0. The number of hydrogen-bond acceptors (Lipinski definition) is 3. The maximum absolute atomic E-state index is 8.45. The Kier molecular flexibility index (Phi) is 5.68. The highest BCUT2D eigenvalue weighted by molar-refractivity contribution is 4.80. The van der Waals surface area contributed by atoms with Crippen molar-refractivity contribution >= 4 is 0 Å². The Balaban J connectivity index is 3.68. The topological polar surface area (TPSA) is 45.0 Å². The molecule has 13 heavy (non-hydrogen) atoms. The summed E-state index contributed by atoms with van der Waals surface area (Å²) < 4.78 is 5.51. The molecule has 0 aromatic carbocycles. The van der Waals surface area contributed by atoms with Gasteiger partial charge in [-0.25, -0.2) is 0 Å². The highest BCUT2D eigenvalue weighted by Crippen LogP contribution is 2.07. The lowest BCUT2D eigenvalue weighted by atomic mass is 10.1. The molecule has 0 radical (unpaired) electrons. The third-order valence-electron chi connectivity index (χ3n) is 1.81. The Bertz CT molecular complexity index is 172. The molecule has 0 fully saturated rings. The number of rotatable bonds is 6. The quantitative estimate of drug-likeness (QED) is 0.683. The molecule has 76 valence electrons. The molecule has 0 saturated heterocycles. The number of hydrogen-bond donors (Lipinski definition) is 1. The molecule has 0 amide bonds. The molecule has 3 nitrogen and oxygen atoms in total. The van der Waals surface area contributed by atoms with Crippen molar-refractivity contribution in [2.45, 2.75) is 45.8 Å². The number of nitrogens with zero attached hydrogens (tertiary/aromatic N) is 1. The van der Waals surface area contributed by atoms with Gasteiger partial charge < -0.3 is 10.1 Å². The van der Waals surface area contributed by atoms with E-state index >= 15 is 0 Å². The van der Waals surface area contributed by atoms with Gasteiger partial charge in [0.15, 0.2) is 0 Å². The second-order valence-corrected chi connectivity index (χ2v) is 3.84. The van der Waals surface area contributed by atoms with Crippen LogP contribution in [0.1, 0.15) is 34.1 Å². The maximum atomic E-state index is 8.45. The van der Waals surface area contributed by atoms with Gasteiger partial charge in [0, 0.05) is 19.2 Å². The molecule has 0 aromatic rings. The zero-order valence-corrected chi connectivity index (χ0v) is 9.05. The van der Waals surface area contributed by atoms with Crippen LogP contribution in [0.2, 0.25) is 0 Å². The van der Waals surface area contributed by atoms with Gasteiger partial charge in [-0.3, -0.25) is 0 Å². The van der Waals surface area contributed by atoms with Gasteiger partial charge in [0.1, 0.15) is 0 Å². The van der Waals surface area contributed by atoms with Gasteiger partial charge in [-0.1, -0.05) is 0 Å². The van der Waals surface area contributed by atoms with Gasteiger partial charge >= 0.3 is 0 Å². The molecule has 0 bridgehead atoms. The molecule has 1 atom stereocenters. The molecule has 0 aromatic heterocycles. The van der Waals surface area contributed by atoms with Gasteiger partial charge in [-0.05, 0) is 27.7 Å². The zero-order valence-electron chi connectivity index (χ0n) is 9.05. The van der Waals surface area contributed by atoms with E-state index in [0.717, 1.165) is 13.2 Å². The van der Waals surface area contributed by atoms with Crippen molar-refractivity contribution in [2.24, 2.45) is 0 Å². The Morgan fingerprint density at radius 1 is 1.54 bits per heavy atom. The summed E-state index contributed by atoms with van der Waals surface area (Å²) in [6, 6.07) is 2.37. The molecule has 0 saturated carbocycles. The lowest BCUT2D eigenvalue weighted by molar-refractivity contribution is -0.0102. The third kappa shape index (κ3) is 6.56. The molecule has 1 N–H and O–H groups in total. The van der Waals surface area contributed by atoms with E-state index in [0.29, 0.717) is 6.42 Å². The Morgan fingerprint density at radius 2 is 2.15 bits per heavy atom. The van der Waals surface area contributed by atoms with E-state index in [1.807, 2.05) is 27.7 Å². The van der Waals surface area contributed by atoms with Crippen LogP contribution in [0, 0.1) is 11.3 Å². The van der Waals surface area contributed by atoms with Crippen LogP contribution in [0.4, 0.5) is 0 Å². The van der Waals surface area contributed by atoms with Crippen LogP contribution in [0.15, 0.2) is 0 Å². The van der Waals surface area contributed by atoms with Gasteiger partial charge in [-0.2, -0.15) is 5.26 Å². The average Bonchev–Trinajstić information content (AvgIpc) is 2.02. The fourth-order valence-electron chi connectivity index (χ4n) is 1.07. The summed E-state index contributed by atoms with van der Waals surface area (Å²) in [5.74, 6) is 0. The van der Waals surface area contributed by atoms with Crippen LogP contribution in [0.3, 0.4) is 0 Å². The molecular weight excluding hydrogens is 164 g/mol. The number of ether oxygens (including phenoxy) is 1. The van der Waals surface area contributed by atoms with Gasteiger partial charge in [0.2, 0.25) is 0 Å². The van der Waals surface area contributed by atoms with Crippen LogP contribution in [-0.2, 0) is 4.74 Å². The van der Waals surface area contributed by atoms with Crippen molar-refractivity contribution in [2.75, 3.05) is 13.2 Å².